The number of rotatable bonds is 1. The van der Waals surface area contributed by atoms with Gasteiger partial charge in [-0.15, -0.1) is 12.4 Å². The van der Waals surface area contributed by atoms with Gasteiger partial charge in [-0.05, 0) is 23.0 Å². The van der Waals surface area contributed by atoms with E-state index in [1.165, 1.54) is 0 Å². The minimum absolute atomic E-state index is 0. The van der Waals surface area contributed by atoms with Crippen LogP contribution in [0.5, 0.6) is 5.75 Å². The van der Waals surface area contributed by atoms with Crippen LogP contribution in [0.15, 0.2) is 12.1 Å². The number of aromatic hydroxyl groups is 1. The average molecular weight is 287 g/mol. The Morgan fingerprint density at radius 1 is 0.947 bits per heavy atom. The highest BCUT2D eigenvalue weighted by atomic mass is 35.5. The smallest absolute Gasteiger partial charge is 0.335 e. The van der Waals surface area contributed by atoms with Crippen molar-refractivity contribution in [1.82, 2.24) is 0 Å². The molecule has 4 heteroatoms. The maximum atomic E-state index is 11.2. The van der Waals surface area contributed by atoms with Gasteiger partial charge >= 0.3 is 5.97 Å². The SMILES string of the molecule is CC(C)(C)c1cc(C(=O)O)cc(C(C)(C)C)c1O.Cl. The van der Waals surface area contributed by atoms with Crippen molar-refractivity contribution in [3.8, 4) is 5.75 Å². The number of benzene rings is 1. The molecule has 0 fully saturated rings. The Kier molecular flexibility index (Phi) is 5.07. The molecule has 1 aromatic rings. The van der Waals surface area contributed by atoms with Crippen LogP contribution < -0.4 is 0 Å². The van der Waals surface area contributed by atoms with Crippen LogP contribution in [0.1, 0.15) is 63.0 Å². The summed E-state index contributed by atoms with van der Waals surface area (Å²) in [6, 6.07) is 3.12. The van der Waals surface area contributed by atoms with E-state index in [4.69, 9.17) is 0 Å². The fourth-order valence-electron chi connectivity index (χ4n) is 1.90. The topological polar surface area (TPSA) is 57.5 Å². The van der Waals surface area contributed by atoms with Gasteiger partial charge in [-0.1, -0.05) is 41.5 Å². The van der Waals surface area contributed by atoms with E-state index in [9.17, 15) is 15.0 Å². The molecule has 1 aromatic carbocycles. The molecule has 0 aliphatic heterocycles. The zero-order valence-electron chi connectivity index (χ0n) is 12.4. The van der Waals surface area contributed by atoms with Gasteiger partial charge < -0.3 is 10.2 Å². The Hall–Kier alpha value is -1.22. The quantitative estimate of drug-likeness (QED) is 0.817. The molecule has 0 spiro atoms. The van der Waals surface area contributed by atoms with Crippen LogP contribution in [0.4, 0.5) is 0 Å². The molecule has 3 nitrogen and oxygen atoms in total. The summed E-state index contributed by atoms with van der Waals surface area (Å²) in [5.41, 5.74) is 0.979. The summed E-state index contributed by atoms with van der Waals surface area (Å²) in [7, 11) is 0. The third kappa shape index (κ3) is 3.87. The van der Waals surface area contributed by atoms with Crippen molar-refractivity contribution in [1.29, 1.82) is 0 Å². The minimum atomic E-state index is -0.967. The summed E-state index contributed by atoms with van der Waals surface area (Å²) in [5, 5.41) is 19.5. The molecule has 19 heavy (non-hydrogen) atoms. The normalized spacial score (nSPS) is 11.9. The predicted octanol–water partition coefficient (Wildman–Crippen LogP) is 4.11. The van der Waals surface area contributed by atoms with Crippen molar-refractivity contribution >= 4 is 18.4 Å². The summed E-state index contributed by atoms with van der Waals surface area (Å²) < 4.78 is 0. The van der Waals surface area contributed by atoms with E-state index >= 15 is 0 Å². The summed E-state index contributed by atoms with van der Waals surface area (Å²) in [6.07, 6.45) is 0. The first-order chi connectivity index (χ1) is 7.94. The zero-order chi connectivity index (χ0) is 14.3. The van der Waals surface area contributed by atoms with Crippen LogP contribution in [0.25, 0.3) is 0 Å². The molecule has 0 bridgehead atoms. The van der Waals surface area contributed by atoms with Crippen LogP contribution in [0.2, 0.25) is 0 Å². The number of aromatic carboxylic acids is 1. The Morgan fingerprint density at radius 3 is 1.47 bits per heavy atom. The molecule has 108 valence electrons. The summed E-state index contributed by atoms with van der Waals surface area (Å²) >= 11 is 0. The fourth-order valence-corrected chi connectivity index (χ4v) is 1.90. The lowest BCUT2D eigenvalue weighted by Gasteiger charge is -2.27. The lowest BCUT2D eigenvalue weighted by Crippen LogP contribution is -2.18. The molecule has 2 N–H and O–H groups in total. The number of carboxylic acids is 1. The number of phenolic OH excluding ortho intramolecular Hbond substituents is 1. The third-order valence-corrected chi connectivity index (χ3v) is 2.97. The van der Waals surface area contributed by atoms with Crippen LogP contribution in [-0.2, 0) is 10.8 Å². The van der Waals surface area contributed by atoms with E-state index in [1.807, 2.05) is 41.5 Å². The Labute approximate surface area is 121 Å². The maximum absolute atomic E-state index is 11.2. The molecular weight excluding hydrogens is 264 g/mol. The molecule has 0 atom stereocenters. The minimum Gasteiger partial charge on any atom is -0.507 e. The molecule has 0 aromatic heterocycles. The van der Waals surface area contributed by atoms with Crippen LogP contribution in [0, 0.1) is 0 Å². The highest BCUT2D eigenvalue weighted by Crippen LogP contribution is 2.39. The third-order valence-electron chi connectivity index (χ3n) is 2.97. The number of carboxylic acid groups (broad SMARTS) is 1. The van der Waals surface area contributed by atoms with Gasteiger partial charge in [0.25, 0.3) is 0 Å². The first kappa shape index (κ1) is 17.8. The van der Waals surface area contributed by atoms with Crippen molar-refractivity contribution in [3.63, 3.8) is 0 Å². The van der Waals surface area contributed by atoms with Gasteiger partial charge in [0, 0.05) is 11.1 Å². The summed E-state index contributed by atoms with van der Waals surface area (Å²) in [6.45, 7) is 11.8. The summed E-state index contributed by atoms with van der Waals surface area (Å²) in [5.74, 6) is -0.758. The van der Waals surface area contributed by atoms with E-state index in [0.29, 0.717) is 11.1 Å². The van der Waals surface area contributed by atoms with Gasteiger partial charge in [-0.25, -0.2) is 4.79 Å². The van der Waals surface area contributed by atoms with Crippen LogP contribution in [-0.4, -0.2) is 16.2 Å². The maximum Gasteiger partial charge on any atom is 0.335 e. The first-order valence-electron chi connectivity index (χ1n) is 6.06. The van der Waals surface area contributed by atoms with Crippen LogP contribution in [0.3, 0.4) is 0 Å². The second-order valence-electron chi connectivity index (χ2n) is 6.73. The fraction of sp³-hybridized carbons (Fsp3) is 0.533. The van der Waals surface area contributed by atoms with Crippen molar-refractivity contribution in [2.45, 2.75) is 52.4 Å². The molecular formula is C15H23ClO3. The van der Waals surface area contributed by atoms with Gasteiger partial charge in [0.05, 0.1) is 5.56 Å². The first-order valence-corrected chi connectivity index (χ1v) is 6.06. The average Bonchev–Trinajstić information content (AvgIpc) is 2.13. The number of carbonyl (C=O) groups is 1. The van der Waals surface area contributed by atoms with Gasteiger partial charge in [-0.3, -0.25) is 0 Å². The second kappa shape index (κ2) is 5.41. The molecule has 0 aliphatic rings. The summed E-state index contributed by atoms with van der Waals surface area (Å²) in [4.78, 5) is 11.2. The Bertz CT molecular complexity index is 444. The standard InChI is InChI=1S/C15H22O3.ClH/c1-14(2,3)10-7-9(13(17)18)8-11(12(10)16)15(4,5)6;/h7-8,16H,1-6H3,(H,17,18);1H. The molecule has 0 unspecified atom stereocenters. The number of hydrogen-bond donors (Lipinski definition) is 2. The molecule has 0 heterocycles. The zero-order valence-corrected chi connectivity index (χ0v) is 13.2. The molecule has 0 saturated carbocycles. The molecule has 1 rings (SSSR count). The van der Waals surface area contributed by atoms with E-state index in [-0.39, 0.29) is 34.5 Å². The lowest BCUT2D eigenvalue weighted by molar-refractivity contribution is 0.0696. The number of phenols is 1. The monoisotopic (exact) mass is 286 g/mol. The molecule has 0 amide bonds. The highest BCUT2D eigenvalue weighted by molar-refractivity contribution is 5.88. The van der Waals surface area contributed by atoms with Gasteiger partial charge in [-0.2, -0.15) is 0 Å². The second-order valence-corrected chi connectivity index (χ2v) is 6.73. The van der Waals surface area contributed by atoms with Crippen molar-refractivity contribution in [2.75, 3.05) is 0 Å². The molecule has 0 saturated heterocycles. The lowest BCUT2D eigenvalue weighted by atomic mass is 9.78. The van der Waals surface area contributed by atoms with E-state index in [0.717, 1.165) is 0 Å². The van der Waals surface area contributed by atoms with Gasteiger partial charge in [0.2, 0.25) is 0 Å². The largest absolute Gasteiger partial charge is 0.507 e. The van der Waals surface area contributed by atoms with Crippen molar-refractivity contribution in [2.24, 2.45) is 0 Å². The van der Waals surface area contributed by atoms with E-state index < -0.39 is 5.97 Å². The van der Waals surface area contributed by atoms with Crippen molar-refractivity contribution in [3.05, 3.63) is 28.8 Å². The van der Waals surface area contributed by atoms with Gasteiger partial charge in [0.1, 0.15) is 5.75 Å². The Balaban J connectivity index is 0.00000324. The Morgan fingerprint density at radius 2 is 1.26 bits per heavy atom. The molecule has 0 radical (unpaired) electrons. The highest BCUT2D eigenvalue weighted by Gasteiger charge is 2.27. The van der Waals surface area contributed by atoms with Crippen molar-refractivity contribution < 1.29 is 15.0 Å². The van der Waals surface area contributed by atoms with E-state index in [1.54, 1.807) is 12.1 Å². The number of halogens is 1. The van der Waals surface area contributed by atoms with E-state index in [2.05, 4.69) is 0 Å². The number of hydrogen-bond acceptors (Lipinski definition) is 2. The van der Waals surface area contributed by atoms with Crippen LogP contribution >= 0.6 is 12.4 Å². The molecule has 0 aliphatic carbocycles. The predicted molar refractivity (Wildman–Crippen MR) is 79.7 cm³/mol. The van der Waals surface area contributed by atoms with Gasteiger partial charge in [0.15, 0.2) is 0 Å².